The van der Waals surface area contributed by atoms with E-state index in [1.165, 1.54) is 0 Å². The SMILES string of the molecule is COc1ccc2c(c1)C(NC(C)c1ccccn1)CCO2. The van der Waals surface area contributed by atoms with E-state index in [0.717, 1.165) is 35.8 Å². The van der Waals surface area contributed by atoms with Crippen molar-refractivity contribution in [3.8, 4) is 11.5 Å². The standard InChI is InChI=1S/C17H20N2O2/c1-12(15-5-3-4-9-18-15)19-16-8-10-21-17-7-6-13(20-2)11-14(16)17/h3-7,9,11-12,16,19H,8,10H2,1-2H3. The van der Waals surface area contributed by atoms with E-state index in [1.807, 2.05) is 36.5 Å². The van der Waals surface area contributed by atoms with Gasteiger partial charge in [0.25, 0.3) is 0 Å². The molecule has 1 aromatic carbocycles. The van der Waals surface area contributed by atoms with Gasteiger partial charge in [-0.15, -0.1) is 0 Å². The van der Waals surface area contributed by atoms with E-state index in [4.69, 9.17) is 9.47 Å². The topological polar surface area (TPSA) is 43.4 Å². The zero-order valence-electron chi connectivity index (χ0n) is 12.4. The molecule has 2 atom stereocenters. The summed E-state index contributed by atoms with van der Waals surface area (Å²) in [4.78, 5) is 4.42. The summed E-state index contributed by atoms with van der Waals surface area (Å²) in [5.74, 6) is 1.80. The second-order valence-corrected chi connectivity index (χ2v) is 5.24. The average Bonchev–Trinajstić information content (AvgIpc) is 2.55. The molecule has 2 heterocycles. The molecule has 1 aliphatic heterocycles. The maximum Gasteiger partial charge on any atom is 0.124 e. The average molecular weight is 284 g/mol. The Hall–Kier alpha value is -2.07. The van der Waals surface area contributed by atoms with Gasteiger partial charge in [-0.25, -0.2) is 0 Å². The van der Waals surface area contributed by atoms with Crippen molar-refractivity contribution in [3.05, 3.63) is 53.9 Å². The molecule has 0 radical (unpaired) electrons. The fraction of sp³-hybridized carbons (Fsp3) is 0.353. The third-order valence-electron chi connectivity index (χ3n) is 3.84. The van der Waals surface area contributed by atoms with E-state index >= 15 is 0 Å². The number of rotatable bonds is 4. The lowest BCUT2D eigenvalue weighted by atomic mass is 9.99. The Morgan fingerprint density at radius 3 is 3.00 bits per heavy atom. The van der Waals surface area contributed by atoms with Gasteiger partial charge >= 0.3 is 0 Å². The van der Waals surface area contributed by atoms with Gasteiger partial charge in [0, 0.05) is 30.3 Å². The van der Waals surface area contributed by atoms with Crippen LogP contribution in [0.25, 0.3) is 0 Å². The van der Waals surface area contributed by atoms with Crippen LogP contribution in [0.2, 0.25) is 0 Å². The van der Waals surface area contributed by atoms with E-state index in [-0.39, 0.29) is 12.1 Å². The summed E-state index contributed by atoms with van der Waals surface area (Å²) in [6.07, 6.45) is 2.77. The van der Waals surface area contributed by atoms with Crippen LogP contribution in [0, 0.1) is 0 Å². The van der Waals surface area contributed by atoms with E-state index in [1.54, 1.807) is 7.11 Å². The molecule has 0 amide bonds. The van der Waals surface area contributed by atoms with Crippen molar-refractivity contribution in [1.29, 1.82) is 0 Å². The van der Waals surface area contributed by atoms with Crippen LogP contribution in [0.1, 0.15) is 36.7 Å². The van der Waals surface area contributed by atoms with Crippen molar-refractivity contribution in [2.45, 2.75) is 25.4 Å². The Bertz CT molecular complexity index is 601. The molecular formula is C17H20N2O2. The first-order valence-electron chi connectivity index (χ1n) is 7.25. The number of benzene rings is 1. The molecule has 21 heavy (non-hydrogen) atoms. The Morgan fingerprint density at radius 2 is 2.24 bits per heavy atom. The highest BCUT2D eigenvalue weighted by Gasteiger charge is 2.24. The van der Waals surface area contributed by atoms with Crippen LogP contribution in [-0.2, 0) is 0 Å². The second kappa shape index (κ2) is 6.14. The summed E-state index contributed by atoms with van der Waals surface area (Å²) in [5, 5.41) is 3.64. The zero-order valence-corrected chi connectivity index (χ0v) is 12.4. The molecule has 1 N–H and O–H groups in total. The fourth-order valence-electron chi connectivity index (χ4n) is 2.69. The Kier molecular flexibility index (Phi) is 4.06. The van der Waals surface area contributed by atoms with Crippen LogP contribution in [0.15, 0.2) is 42.6 Å². The maximum atomic E-state index is 5.73. The summed E-state index contributed by atoms with van der Waals surface area (Å²) in [6.45, 7) is 2.86. The number of hydrogen-bond acceptors (Lipinski definition) is 4. The molecule has 1 aliphatic rings. The van der Waals surface area contributed by atoms with Gasteiger partial charge in [-0.05, 0) is 37.3 Å². The molecule has 2 unspecified atom stereocenters. The lowest BCUT2D eigenvalue weighted by Crippen LogP contribution is -2.29. The zero-order chi connectivity index (χ0) is 14.7. The van der Waals surface area contributed by atoms with Crippen LogP contribution in [0.5, 0.6) is 11.5 Å². The lowest BCUT2D eigenvalue weighted by molar-refractivity contribution is 0.244. The first kappa shape index (κ1) is 13.9. The van der Waals surface area contributed by atoms with E-state index < -0.39 is 0 Å². The third kappa shape index (κ3) is 3.00. The van der Waals surface area contributed by atoms with Gasteiger partial charge in [0.1, 0.15) is 11.5 Å². The van der Waals surface area contributed by atoms with Crippen LogP contribution in [-0.4, -0.2) is 18.7 Å². The van der Waals surface area contributed by atoms with Gasteiger partial charge in [-0.2, -0.15) is 0 Å². The monoisotopic (exact) mass is 284 g/mol. The highest BCUT2D eigenvalue weighted by atomic mass is 16.5. The summed E-state index contributed by atoms with van der Waals surface area (Å²) in [6, 6.07) is 12.4. The minimum atomic E-state index is 0.188. The smallest absolute Gasteiger partial charge is 0.124 e. The first-order valence-corrected chi connectivity index (χ1v) is 7.25. The van der Waals surface area contributed by atoms with E-state index in [0.29, 0.717) is 0 Å². The van der Waals surface area contributed by atoms with Crippen LogP contribution in [0.3, 0.4) is 0 Å². The molecular weight excluding hydrogens is 264 g/mol. The minimum absolute atomic E-state index is 0.188. The number of pyridine rings is 1. The Balaban J connectivity index is 1.81. The molecule has 0 spiro atoms. The summed E-state index contributed by atoms with van der Waals surface area (Å²) < 4.78 is 11.1. The summed E-state index contributed by atoms with van der Waals surface area (Å²) >= 11 is 0. The number of methoxy groups -OCH3 is 1. The molecule has 4 heteroatoms. The number of fused-ring (bicyclic) bond motifs is 1. The van der Waals surface area contributed by atoms with Crippen molar-refractivity contribution in [2.75, 3.05) is 13.7 Å². The molecule has 3 rings (SSSR count). The molecule has 0 aliphatic carbocycles. The van der Waals surface area contributed by atoms with Crippen molar-refractivity contribution < 1.29 is 9.47 Å². The predicted octanol–water partition coefficient (Wildman–Crippen LogP) is 3.26. The van der Waals surface area contributed by atoms with Crippen molar-refractivity contribution in [2.24, 2.45) is 0 Å². The normalized spacial score (nSPS) is 18.5. The summed E-state index contributed by atoms with van der Waals surface area (Å²) in [5.41, 5.74) is 2.21. The number of nitrogens with one attached hydrogen (secondary N) is 1. The highest BCUT2D eigenvalue weighted by molar-refractivity contribution is 5.43. The number of nitrogens with zero attached hydrogens (tertiary/aromatic N) is 1. The largest absolute Gasteiger partial charge is 0.497 e. The summed E-state index contributed by atoms with van der Waals surface area (Å²) in [7, 11) is 1.68. The molecule has 1 aromatic heterocycles. The van der Waals surface area contributed by atoms with Gasteiger partial charge in [0.05, 0.1) is 19.4 Å². The van der Waals surface area contributed by atoms with Crippen LogP contribution < -0.4 is 14.8 Å². The molecule has 0 fully saturated rings. The van der Waals surface area contributed by atoms with Crippen LogP contribution in [0.4, 0.5) is 0 Å². The highest BCUT2D eigenvalue weighted by Crippen LogP contribution is 2.35. The molecule has 4 nitrogen and oxygen atoms in total. The lowest BCUT2D eigenvalue weighted by Gasteiger charge is -2.29. The van der Waals surface area contributed by atoms with Gasteiger partial charge in [0.2, 0.25) is 0 Å². The van der Waals surface area contributed by atoms with E-state index in [2.05, 4.69) is 23.3 Å². The quantitative estimate of drug-likeness (QED) is 0.936. The van der Waals surface area contributed by atoms with Crippen LogP contribution >= 0.6 is 0 Å². The number of ether oxygens (including phenoxy) is 2. The van der Waals surface area contributed by atoms with E-state index in [9.17, 15) is 0 Å². The van der Waals surface area contributed by atoms with Gasteiger partial charge in [-0.3, -0.25) is 4.98 Å². The molecule has 2 aromatic rings. The maximum absolute atomic E-state index is 5.73. The number of aromatic nitrogens is 1. The van der Waals surface area contributed by atoms with Crippen molar-refractivity contribution in [1.82, 2.24) is 10.3 Å². The Morgan fingerprint density at radius 1 is 1.33 bits per heavy atom. The molecule has 0 bridgehead atoms. The molecule has 0 saturated carbocycles. The molecule has 110 valence electrons. The Labute approximate surface area is 125 Å². The van der Waals surface area contributed by atoms with Gasteiger partial charge in [0.15, 0.2) is 0 Å². The van der Waals surface area contributed by atoms with Gasteiger partial charge in [-0.1, -0.05) is 6.07 Å². The first-order chi connectivity index (χ1) is 10.3. The second-order valence-electron chi connectivity index (χ2n) is 5.24. The minimum Gasteiger partial charge on any atom is -0.497 e. The fourth-order valence-corrected chi connectivity index (χ4v) is 2.69. The number of hydrogen-bond donors (Lipinski definition) is 1. The van der Waals surface area contributed by atoms with Crippen molar-refractivity contribution in [3.63, 3.8) is 0 Å². The van der Waals surface area contributed by atoms with Crippen molar-refractivity contribution >= 4 is 0 Å². The third-order valence-corrected chi connectivity index (χ3v) is 3.84. The molecule has 0 saturated heterocycles. The predicted molar refractivity (Wildman–Crippen MR) is 81.6 cm³/mol. The van der Waals surface area contributed by atoms with Gasteiger partial charge < -0.3 is 14.8 Å².